The molecule has 1 aromatic carbocycles. The van der Waals surface area contributed by atoms with E-state index >= 15 is 0 Å². The van der Waals surface area contributed by atoms with E-state index in [1.54, 1.807) is 0 Å². The van der Waals surface area contributed by atoms with E-state index in [-0.39, 0.29) is 37.1 Å². The lowest BCUT2D eigenvalue weighted by molar-refractivity contribution is -0.140. The van der Waals surface area contributed by atoms with Crippen LogP contribution in [-0.4, -0.2) is 59.7 Å². The third-order valence-electron chi connectivity index (χ3n) is 7.29. The van der Waals surface area contributed by atoms with E-state index in [0.717, 1.165) is 5.56 Å². The molecule has 3 aliphatic heterocycles. The maximum absolute atomic E-state index is 13.0. The van der Waals surface area contributed by atoms with Crippen LogP contribution in [0, 0.1) is 5.92 Å². The Labute approximate surface area is 179 Å². The molecular weight excluding hydrogens is 378 g/mol. The minimum atomic E-state index is -0.832. The van der Waals surface area contributed by atoms with Crippen LogP contribution < -0.4 is 5.32 Å². The summed E-state index contributed by atoms with van der Waals surface area (Å²) >= 11 is 0. The highest BCUT2D eigenvalue weighted by Gasteiger charge is 2.49. The molecule has 3 amide bonds. The summed E-state index contributed by atoms with van der Waals surface area (Å²) in [4.78, 5) is 41.8. The van der Waals surface area contributed by atoms with Crippen LogP contribution in [0.4, 0.5) is 0 Å². The Balaban J connectivity index is 1.28. The molecule has 0 aliphatic carbocycles. The van der Waals surface area contributed by atoms with E-state index < -0.39 is 5.41 Å². The highest BCUT2D eigenvalue weighted by molar-refractivity contribution is 6.09. The van der Waals surface area contributed by atoms with E-state index in [1.165, 1.54) is 50.1 Å². The molecule has 1 aromatic rings. The first-order chi connectivity index (χ1) is 14.5. The van der Waals surface area contributed by atoms with E-state index in [4.69, 9.17) is 0 Å². The van der Waals surface area contributed by atoms with Crippen molar-refractivity contribution in [1.29, 1.82) is 0 Å². The van der Waals surface area contributed by atoms with Crippen LogP contribution in [0.1, 0.15) is 57.4 Å². The lowest BCUT2D eigenvalue weighted by Gasteiger charge is -2.44. The van der Waals surface area contributed by atoms with Crippen LogP contribution in [0.15, 0.2) is 30.3 Å². The van der Waals surface area contributed by atoms with Crippen LogP contribution in [-0.2, 0) is 19.8 Å². The zero-order chi connectivity index (χ0) is 21.1. The van der Waals surface area contributed by atoms with Crippen molar-refractivity contribution in [3.63, 3.8) is 0 Å². The van der Waals surface area contributed by atoms with Gasteiger partial charge in [-0.05, 0) is 57.2 Å². The smallest absolute Gasteiger partial charge is 0.240 e. The molecule has 3 aliphatic rings. The maximum Gasteiger partial charge on any atom is 0.240 e. The minimum absolute atomic E-state index is 0.0724. The monoisotopic (exact) mass is 411 g/mol. The summed E-state index contributed by atoms with van der Waals surface area (Å²) in [5, 5.41) is 3.08. The Morgan fingerprint density at radius 2 is 1.87 bits per heavy atom. The van der Waals surface area contributed by atoms with Gasteiger partial charge in [0.05, 0.1) is 5.41 Å². The van der Waals surface area contributed by atoms with Gasteiger partial charge < -0.3 is 10.2 Å². The van der Waals surface area contributed by atoms with Gasteiger partial charge in [0.1, 0.15) is 0 Å². The van der Waals surface area contributed by atoms with Crippen LogP contribution >= 0.6 is 0 Å². The van der Waals surface area contributed by atoms with Crippen molar-refractivity contribution < 1.29 is 14.4 Å². The molecule has 1 N–H and O–H groups in total. The van der Waals surface area contributed by atoms with Gasteiger partial charge in [0, 0.05) is 32.0 Å². The highest BCUT2D eigenvalue weighted by atomic mass is 16.2. The second-order valence-electron chi connectivity index (χ2n) is 9.28. The molecule has 3 atom stereocenters. The van der Waals surface area contributed by atoms with Crippen LogP contribution in [0.2, 0.25) is 0 Å². The molecule has 6 nitrogen and oxygen atoms in total. The molecule has 3 heterocycles. The lowest BCUT2D eigenvalue weighted by Crippen LogP contribution is -2.51. The lowest BCUT2D eigenvalue weighted by atomic mass is 9.81. The molecule has 3 fully saturated rings. The summed E-state index contributed by atoms with van der Waals surface area (Å²) in [5.41, 5.74) is 0.0195. The number of fused-ring (bicyclic) bond motifs is 1. The van der Waals surface area contributed by atoms with Crippen molar-refractivity contribution in [2.24, 2.45) is 5.92 Å². The Morgan fingerprint density at radius 1 is 1.10 bits per heavy atom. The number of nitrogens with zero attached hydrogens (tertiary/aromatic N) is 2. The molecule has 3 saturated heterocycles. The van der Waals surface area contributed by atoms with E-state index in [2.05, 4.69) is 10.2 Å². The van der Waals surface area contributed by atoms with Crippen molar-refractivity contribution >= 4 is 17.7 Å². The molecule has 3 unspecified atom stereocenters. The fourth-order valence-electron chi connectivity index (χ4n) is 5.50. The Kier molecular flexibility index (Phi) is 6.23. The summed E-state index contributed by atoms with van der Waals surface area (Å²) in [6.45, 7) is 5.06. The third kappa shape index (κ3) is 4.15. The molecule has 6 heteroatoms. The van der Waals surface area contributed by atoms with Crippen molar-refractivity contribution in [2.45, 2.75) is 63.3 Å². The average Bonchev–Trinajstić information content (AvgIpc) is 3.00. The standard InChI is InChI=1S/C24H33N3O3/c1-24(19-9-3-2-4-10-19)16-22(29)27(23(24)30)15-12-21(28)25-17-18-8-7-14-26-13-6-5-11-20(18)26/h2-4,9-10,18,20H,5-8,11-17H2,1H3,(H,25,28). The zero-order valence-electron chi connectivity index (χ0n) is 17.9. The minimum Gasteiger partial charge on any atom is -0.356 e. The zero-order valence-corrected chi connectivity index (χ0v) is 17.9. The molecular formula is C24H33N3O3. The molecule has 0 radical (unpaired) electrons. The quantitative estimate of drug-likeness (QED) is 0.730. The Morgan fingerprint density at radius 3 is 2.67 bits per heavy atom. The second kappa shape index (κ2) is 8.88. The van der Waals surface area contributed by atoms with Gasteiger partial charge in [0.25, 0.3) is 0 Å². The molecule has 0 saturated carbocycles. The first kappa shape index (κ1) is 21.0. The van der Waals surface area contributed by atoms with E-state index in [1.807, 2.05) is 37.3 Å². The van der Waals surface area contributed by atoms with Gasteiger partial charge in [-0.15, -0.1) is 0 Å². The average molecular weight is 412 g/mol. The number of hydrogen-bond donors (Lipinski definition) is 1. The Bertz CT molecular complexity index is 794. The third-order valence-corrected chi connectivity index (χ3v) is 7.29. The van der Waals surface area contributed by atoms with Gasteiger partial charge in [0.15, 0.2) is 0 Å². The summed E-state index contributed by atoms with van der Waals surface area (Å²) in [7, 11) is 0. The predicted octanol–water partition coefficient (Wildman–Crippen LogP) is 2.47. The van der Waals surface area contributed by atoms with Crippen molar-refractivity contribution in [3.05, 3.63) is 35.9 Å². The fourth-order valence-corrected chi connectivity index (χ4v) is 5.50. The van der Waals surface area contributed by atoms with Gasteiger partial charge in [0.2, 0.25) is 17.7 Å². The van der Waals surface area contributed by atoms with Gasteiger partial charge in [-0.2, -0.15) is 0 Å². The van der Waals surface area contributed by atoms with Crippen LogP contribution in [0.3, 0.4) is 0 Å². The number of benzene rings is 1. The SMILES string of the molecule is CC1(c2ccccc2)CC(=O)N(CCC(=O)NCC2CCCN3CCCCC23)C1=O. The van der Waals surface area contributed by atoms with Gasteiger partial charge in [-0.25, -0.2) is 0 Å². The molecule has 4 rings (SSSR count). The summed E-state index contributed by atoms with van der Waals surface area (Å²) < 4.78 is 0. The van der Waals surface area contributed by atoms with Crippen LogP contribution in [0.25, 0.3) is 0 Å². The number of carbonyl (C=O) groups is 3. The number of nitrogens with one attached hydrogen (secondary N) is 1. The first-order valence-corrected chi connectivity index (χ1v) is 11.4. The summed E-state index contributed by atoms with van der Waals surface area (Å²) in [6.07, 6.45) is 6.50. The fraction of sp³-hybridized carbons (Fsp3) is 0.625. The summed E-state index contributed by atoms with van der Waals surface area (Å²) in [6, 6.07) is 10.0. The topological polar surface area (TPSA) is 69.7 Å². The number of hydrogen-bond acceptors (Lipinski definition) is 4. The molecule has 0 spiro atoms. The largest absolute Gasteiger partial charge is 0.356 e. The van der Waals surface area contributed by atoms with E-state index in [9.17, 15) is 14.4 Å². The number of carbonyl (C=O) groups excluding carboxylic acids is 3. The van der Waals surface area contributed by atoms with E-state index in [0.29, 0.717) is 18.5 Å². The number of amides is 3. The van der Waals surface area contributed by atoms with Crippen molar-refractivity contribution in [3.8, 4) is 0 Å². The normalized spacial score (nSPS) is 29.7. The number of rotatable bonds is 6. The van der Waals surface area contributed by atoms with Gasteiger partial charge in [-0.1, -0.05) is 36.8 Å². The van der Waals surface area contributed by atoms with Crippen LogP contribution in [0.5, 0.6) is 0 Å². The predicted molar refractivity (Wildman–Crippen MR) is 115 cm³/mol. The Hall–Kier alpha value is -2.21. The molecule has 0 bridgehead atoms. The molecule has 162 valence electrons. The first-order valence-electron chi connectivity index (χ1n) is 11.4. The van der Waals surface area contributed by atoms with Crippen molar-refractivity contribution in [1.82, 2.24) is 15.1 Å². The van der Waals surface area contributed by atoms with Gasteiger partial charge in [-0.3, -0.25) is 19.3 Å². The molecule has 0 aromatic heterocycles. The van der Waals surface area contributed by atoms with Gasteiger partial charge >= 0.3 is 0 Å². The number of piperidine rings is 2. The summed E-state index contributed by atoms with van der Waals surface area (Å²) in [5.74, 6) is 0.0529. The molecule has 30 heavy (non-hydrogen) atoms. The van der Waals surface area contributed by atoms with Crippen molar-refractivity contribution in [2.75, 3.05) is 26.2 Å². The second-order valence-corrected chi connectivity index (χ2v) is 9.28. The number of imide groups is 1. The highest BCUT2D eigenvalue weighted by Crippen LogP contribution is 2.36. The number of likely N-dealkylation sites (tertiary alicyclic amines) is 1. The maximum atomic E-state index is 13.0.